The topological polar surface area (TPSA) is 38.9 Å². The minimum Gasteiger partial charge on any atom is -0.384 e. The monoisotopic (exact) mass is 252 g/mol. The summed E-state index contributed by atoms with van der Waals surface area (Å²) in [7, 11) is 0. The van der Waals surface area contributed by atoms with Gasteiger partial charge in [-0.05, 0) is 23.8 Å². The lowest BCUT2D eigenvalue weighted by Gasteiger charge is -2.03. The molecule has 2 aromatic rings. The summed E-state index contributed by atoms with van der Waals surface area (Å²) in [5.74, 6) is -0.0957. The number of pyridine rings is 1. The van der Waals surface area contributed by atoms with Gasteiger partial charge in [-0.1, -0.05) is 6.07 Å². The van der Waals surface area contributed by atoms with Crippen LogP contribution >= 0.6 is 11.8 Å². The Morgan fingerprint density at radius 3 is 2.65 bits per heavy atom. The van der Waals surface area contributed by atoms with E-state index in [0.717, 1.165) is 11.6 Å². The first-order valence-corrected chi connectivity index (χ1v) is 5.92. The van der Waals surface area contributed by atoms with Crippen LogP contribution in [0.1, 0.15) is 5.56 Å². The van der Waals surface area contributed by atoms with Crippen LogP contribution in [0.5, 0.6) is 0 Å². The van der Waals surface area contributed by atoms with E-state index in [0.29, 0.717) is 16.5 Å². The van der Waals surface area contributed by atoms with Crippen LogP contribution < -0.4 is 5.73 Å². The SMILES string of the molecule is Nc1ccc(CSc2ccc(F)cc2F)cn1. The molecule has 0 fully saturated rings. The lowest BCUT2D eigenvalue weighted by Crippen LogP contribution is -1.91. The summed E-state index contributed by atoms with van der Waals surface area (Å²) in [4.78, 5) is 4.36. The van der Waals surface area contributed by atoms with Gasteiger partial charge in [-0.15, -0.1) is 11.8 Å². The van der Waals surface area contributed by atoms with E-state index in [-0.39, 0.29) is 0 Å². The second-order valence-corrected chi connectivity index (χ2v) is 4.47. The summed E-state index contributed by atoms with van der Waals surface area (Å²) in [5.41, 5.74) is 6.39. The van der Waals surface area contributed by atoms with E-state index in [2.05, 4.69) is 4.98 Å². The number of rotatable bonds is 3. The van der Waals surface area contributed by atoms with E-state index in [1.807, 2.05) is 6.07 Å². The molecule has 0 aliphatic carbocycles. The molecule has 1 aromatic heterocycles. The van der Waals surface area contributed by atoms with E-state index < -0.39 is 11.6 Å². The number of anilines is 1. The fraction of sp³-hybridized carbons (Fsp3) is 0.0833. The Kier molecular flexibility index (Phi) is 3.58. The minimum absolute atomic E-state index is 0.420. The van der Waals surface area contributed by atoms with Crippen LogP contribution in [0, 0.1) is 11.6 Å². The summed E-state index contributed by atoms with van der Waals surface area (Å²) in [6, 6.07) is 7.07. The zero-order chi connectivity index (χ0) is 12.3. The quantitative estimate of drug-likeness (QED) is 0.852. The fourth-order valence-electron chi connectivity index (χ4n) is 1.27. The standard InChI is InChI=1S/C12H10F2N2S/c13-9-2-3-11(10(14)5-9)17-7-8-1-4-12(15)16-6-8/h1-6H,7H2,(H2,15,16). The van der Waals surface area contributed by atoms with Crippen LogP contribution in [0.15, 0.2) is 41.4 Å². The normalized spacial score (nSPS) is 10.5. The first kappa shape index (κ1) is 11.9. The van der Waals surface area contributed by atoms with Crippen molar-refractivity contribution in [1.82, 2.24) is 4.98 Å². The first-order chi connectivity index (χ1) is 8.15. The van der Waals surface area contributed by atoms with Crippen LogP contribution in [0.25, 0.3) is 0 Å². The van der Waals surface area contributed by atoms with E-state index in [4.69, 9.17) is 5.73 Å². The lowest BCUT2D eigenvalue weighted by molar-refractivity contribution is 0.565. The summed E-state index contributed by atoms with van der Waals surface area (Å²) >= 11 is 1.29. The highest BCUT2D eigenvalue weighted by Gasteiger charge is 2.04. The van der Waals surface area contributed by atoms with Crippen LogP contribution in [0.2, 0.25) is 0 Å². The molecule has 0 saturated carbocycles. The van der Waals surface area contributed by atoms with Crippen molar-refractivity contribution < 1.29 is 8.78 Å². The van der Waals surface area contributed by atoms with Gasteiger partial charge in [-0.3, -0.25) is 0 Å². The molecule has 2 rings (SSSR count). The Morgan fingerprint density at radius 1 is 1.18 bits per heavy atom. The third-order valence-corrected chi connectivity index (χ3v) is 3.26. The van der Waals surface area contributed by atoms with E-state index >= 15 is 0 Å². The van der Waals surface area contributed by atoms with Gasteiger partial charge in [0, 0.05) is 22.9 Å². The second-order valence-electron chi connectivity index (χ2n) is 3.45. The van der Waals surface area contributed by atoms with Crippen LogP contribution in [-0.4, -0.2) is 4.98 Å². The summed E-state index contributed by atoms with van der Waals surface area (Å²) < 4.78 is 26.0. The molecule has 88 valence electrons. The van der Waals surface area contributed by atoms with Gasteiger partial charge < -0.3 is 5.73 Å². The fourth-order valence-corrected chi connectivity index (χ4v) is 2.13. The molecule has 2 nitrogen and oxygen atoms in total. The molecule has 5 heteroatoms. The van der Waals surface area contributed by atoms with Gasteiger partial charge in [0.15, 0.2) is 0 Å². The van der Waals surface area contributed by atoms with Crippen molar-refractivity contribution in [3.8, 4) is 0 Å². The van der Waals surface area contributed by atoms with Gasteiger partial charge in [0.1, 0.15) is 17.5 Å². The van der Waals surface area contributed by atoms with Crippen molar-refractivity contribution in [1.29, 1.82) is 0 Å². The molecule has 0 saturated heterocycles. The maximum absolute atomic E-state index is 13.3. The van der Waals surface area contributed by atoms with Gasteiger partial charge in [0.25, 0.3) is 0 Å². The van der Waals surface area contributed by atoms with Gasteiger partial charge >= 0.3 is 0 Å². The lowest BCUT2D eigenvalue weighted by atomic mass is 10.3. The van der Waals surface area contributed by atoms with E-state index in [9.17, 15) is 8.78 Å². The van der Waals surface area contributed by atoms with Crippen molar-refractivity contribution >= 4 is 17.6 Å². The largest absolute Gasteiger partial charge is 0.384 e. The molecule has 0 unspecified atom stereocenters. The highest BCUT2D eigenvalue weighted by Crippen LogP contribution is 2.25. The van der Waals surface area contributed by atoms with Crippen molar-refractivity contribution in [3.63, 3.8) is 0 Å². The van der Waals surface area contributed by atoms with Gasteiger partial charge in [0.05, 0.1) is 0 Å². The molecule has 0 radical (unpaired) electrons. The van der Waals surface area contributed by atoms with Crippen molar-refractivity contribution in [2.24, 2.45) is 0 Å². The molecule has 0 spiro atoms. The third kappa shape index (κ3) is 3.17. The van der Waals surface area contributed by atoms with Crippen LogP contribution in [0.4, 0.5) is 14.6 Å². The maximum atomic E-state index is 13.3. The molecule has 0 atom stereocenters. The maximum Gasteiger partial charge on any atom is 0.139 e. The van der Waals surface area contributed by atoms with E-state index in [1.54, 1.807) is 12.3 Å². The summed E-state index contributed by atoms with van der Waals surface area (Å²) in [6.07, 6.45) is 1.64. The molecule has 17 heavy (non-hydrogen) atoms. The summed E-state index contributed by atoms with van der Waals surface area (Å²) in [6.45, 7) is 0. The Balaban J connectivity index is 2.04. The summed E-state index contributed by atoms with van der Waals surface area (Å²) in [5, 5.41) is 0. The molecular formula is C12H10F2N2S. The van der Waals surface area contributed by atoms with Crippen molar-refractivity contribution in [3.05, 3.63) is 53.7 Å². The zero-order valence-electron chi connectivity index (χ0n) is 8.86. The predicted octanol–water partition coefficient (Wildman–Crippen LogP) is 3.23. The van der Waals surface area contributed by atoms with Crippen molar-refractivity contribution in [2.45, 2.75) is 10.6 Å². The zero-order valence-corrected chi connectivity index (χ0v) is 9.68. The second kappa shape index (κ2) is 5.14. The Labute approximate surface area is 102 Å². The van der Waals surface area contributed by atoms with Crippen molar-refractivity contribution in [2.75, 3.05) is 5.73 Å². The van der Waals surface area contributed by atoms with Crippen LogP contribution in [0.3, 0.4) is 0 Å². The molecule has 0 bridgehead atoms. The Morgan fingerprint density at radius 2 is 2.00 bits per heavy atom. The molecule has 1 heterocycles. The average Bonchev–Trinajstić information content (AvgIpc) is 2.30. The molecule has 2 N–H and O–H groups in total. The number of nitrogens with zero attached hydrogens (tertiary/aromatic N) is 1. The number of benzene rings is 1. The molecule has 0 aliphatic heterocycles. The number of hydrogen-bond acceptors (Lipinski definition) is 3. The highest BCUT2D eigenvalue weighted by atomic mass is 32.2. The molecular weight excluding hydrogens is 242 g/mol. The van der Waals surface area contributed by atoms with Crippen LogP contribution in [-0.2, 0) is 5.75 Å². The van der Waals surface area contributed by atoms with E-state index in [1.165, 1.54) is 23.9 Å². The number of aromatic nitrogens is 1. The smallest absolute Gasteiger partial charge is 0.139 e. The Hall–Kier alpha value is -1.62. The molecule has 0 amide bonds. The number of nitrogen functional groups attached to an aromatic ring is 1. The van der Waals surface area contributed by atoms with Gasteiger partial charge in [-0.2, -0.15) is 0 Å². The number of hydrogen-bond donors (Lipinski definition) is 1. The molecule has 0 aliphatic rings. The number of thioether (sulfide) groups is 1. The van der Waals surface area contributed by atoms with Gasteiger partial charge in [-0.25, -0.2) is 13.8 Å². The Bertz CT molecular complexity index is 514. The molecule has 1 aromatic carbocycles. The number of halogens is 2. The predicted molar refractivity (Wildman–Crippen MR) is 64.6 cm³/mol. The highest BCUT2D eigenvalue weighted by molar-refractivity contribution is 7.98. The minimum atomic E-state index is -0.569. The van der Waals surface area contributed by atoms with Gasteiger partial charge in [0.2, 0.25) is 0 Å². The first-order valence-electron chi connectivity index (χ1n) is 4.93. The third-order valence-electron chi connectivity index (χ3n) is 2.14. The average molecular weight is 252 g/mol. The number of nitrogens with two attached hydrogens (primary N) is 1.